The maximum Gasteiger partial charge on any atom is 0.235 e. The van der Waals surface area contributed by atoms with Gasteiger partial charge in [-0.2, -0.15) is 4.99 Å². The lowest BCUT2D eigenvalue weighted by Crippen LogP contribution is -2.38. The Bertz CT molecular complexity index is 545. The van der Waals surface area contributed by atoms with Gasteiger partial charge in [0.2, 0.25) is 6.08 Å². The van der Waals surface area contributed by atoms with Gasteiger partial charge in [0.15, 0.2) is 6.09 Å². The molecule has 0 heterocycles. The Morgan fingerprint density at radius 2 is 1.71 bits per heavy atom. The number of hydroxylamine groups is 1. The molecule has 7 heteroatoms. The second kappa shape index (κ2) is 6.49. The normalized spacial score (nSPS) is 11.6. The standard InChI is InChI=1S/C14H18N2O5/c1-13(2,15-9-17)10-5-7-11(8-6-10)14(3,4)20-21-16-12(18)19/h5-8,16H,1-4H3,(H,18,19)/p-1. The van der Waals surface area contributed by atoms with Crippen molar-refractivity contribution in [2.45, 2.75) is 38.8 Å². The first-order chi connectivity index (χ1) is 9.69. The summed E-state index contributed by atoms with van der Waals surface area (Å²) in [6.45, 7) is 6.99. The molecule has 1 aromatic carbocycles. The molecule has 0 bridgehead atoms. The van der Waals surface area contributed by atoms with Crippen molar-refractivity contribution < 1.29 is 24.6 Å². The molecule has 0 saturated heterocycles. The number of carbonyl (C=O) groups excluding carboxylic acids is 2. The molecule has 1 N–H and O–H groups in total. The number of nitrogens with one attached hydrogen (secondary N) is 1. The van der Waals surface area contributed by atoms with Gasteiger partial charge in [0.05, 0.1) is 5.54 Å². The Kier molecular flexibility index (Phi) is 5.21. The van der Waals surface area contributed by atoms with Crippen molar-refractivity contribution in [3.05, 3.63) is 35.4 Å². The summed E-state index contributed by atoms with van der Waals surface area (Å²) in [6, 6.07) is 7.15. The third-order valence-corrected chi connectivity index (χ3v) is 2.99. The highest BCUT2D eigenvalue weighted by atomic mass is 17.3. The largest absolute Gasteiger partial charge is 0.528 e. The summed E-state index contributed by atoms with van der Waals surface area (Å²) in [5, 5.41) is 10.2. The molecule has 0 saturated carbocycles. The van der Waals surface area contributed by atoms with E-state index in [2.05, 4.69) is 9.98 Å². The maximum atomic E-state index is 10.4. The second-order valence-corrected chi connectivity index (χ2v) is 5.41. The predicted octanol–water partition coefficient (Wildman–Crippen LogP) is 1.29. The summed E-state index contributed by atoms with van der Waals surface area (Å²) >= 11 is 0. The molecule has 0 fully saturated rings. The molecule has 1 aromatic rings. The Balaban J connectivity index is 2.85. The summed E-state index contributed by atoms with van der Waals surface area (Å²) in [5.41, 5.74) is 1.57. The van der Waals surface area contributed by atoms with E-state index < -0.39 is 17.2 Å². The molecule has 0 aromatic heterocycles. The summed E-state index contributed by atoms with van der Waals surface area (Å²) in [7, 11) is 0. The van der Waals surface area contributed by atoms with E-state index in [0.29, 0.717) is 0 Å². The summed E-state index contributed by atoms with van der Waals surface area (Å²) in [4.78, 5) is 33.7. The SMILES string of the molecule is CC(C)(N=C=O)c1ccc(C(C)(C)OONC(=O)[O-])cc1. The van der Waals surface area contributed by atoms with Crippen LogP contribution in [0.5, 0.6) is 0 Å². The van der Waals surface area contributed by atoms with E-state index in [-0.39, 0.29) is 0 Å². The maximum absolute atomic E-state index is 10.4. The number of carboxylic acid groups (broad SMARTS) is 1. The monoisotopic (exact) mass is 293 g/mol. The molecular weight excluding hydrogens is 276 g/mol. The number of hydrogen-bond acceptors (Lipinski definition) is 6. The van der Waals surface area contributed by atoms with Gasteiger partial charge in [0, 0.05) is 0 Å². The van der Waals surface area contributed by atoms with E-state index in [1.165, 1.54) is 0 Å². The lowest BCUT2D eigenvalue weighted by Gasteiger charge is -2.25. The zero-order valence-corrected chi connectivity index (χ0v) is 12.3. The lowest BCUT2D eigenvalue weighted by molar-refractivity contribution is -0.398. The molecule has 21 heavy (non-hydrogen) atoms. The highest BCUT2D eigenvalue weighted by Gasteiger charge is 2.25. The van der Waals surface area contributed by atoms with Crippen LogP contribution < -0.4 is 10.6 Å². The Hall–Kier alpha value is -2.21. The van der Waals surface area contributed by atoms with Gasteiger partial charge in [-0.1, -0.05) is 24.3 Å². The zero-order valence-electron chi connectivity index (χ0n) is 12.3. The van der Waals surface area contributed by atoms with Crippen molar-refractivity contribution in [2.75, 3.05) is 0 Å². The number of benzene rings is 1. The highest BCUT2D eigenvalue weighted by Crippen LogP contribution is 2.29. The van der Waals surface area contributed by atoms with Gasteiger partial charge < -0.3 is 9.90 Å². The molecule has 0 unspecified atom stereocenters. The predicted molar refractivity (Wildman–Crippen MR) is 71.3 cm³/mol. The Labute approximate surface area is 122 Å². The minimum atomic E-state index is -1.60. The number of amides is 1. The van der Waals surface area contributed by atoms with Crippen LogP contribution in [-0.2, 0) is 25.8 Å². The molecule has 1 rings (SSSR count). The second-order valence-electron chi connectivity index (χ2n) is 5.41. The number of isocyanates is 1. The quantitative estimate of drug-likeness (QED) is 0.368. The van der Waals surface area contributed by atoms with Gasteiger partial charge in [-0.05, 0) is 38.8 Å². The van der Waals surface area contributed by atoms with Crippen LogP contribution in [0.3, 0.4) is 0 Å². The van der Waals surface area contributed by atoms with E-state index in [9.17, 15) is 14.7 Å². The van der Waals surface area contributed by atoms with Crippen molar-refractivity contribution in [2.24, 2.45) is 4.99 Å². The molecule has 0 atom stereocenters. The lowest BCUT2D eigenvalue weighted by atomic mass is 9.91. The van der Waals surface area contributed by atoms with Crippen LogP contribution in [0.1, 0.15) is 38.8 Å². The topological polar surface area (TPSA) is 100 Å². The fourth-order valence-electron chi connectivity index (χ4n) is 1.67. The minimum absolute atomic E-state index is 0.668. The molecule has 0 aliphatic heterocycles. The number of carbonyl (C=O) groups is 1. The summed E-state index contributed by atoms with van der Waals surface area (Å²) in [6.07, 6.45) is -0.0519. The van der Waals surface area contributed by atoms with Gasteiger partial charge in [0.1, 0.15) is 5.60 Å². The van der Waals surface area contributed by atoms with Crippen molar-refractivity contribution in [3.8, 4) is 0 Å². The van der Waals surface area contributed by atoms with E-state index in [1.807, 2.05) is 0 Å². The summed E-state index contributed by atoms with van der Waals surface area (Å²) < 4.78 is 0. The highest BCUT2D eigenvalue weighted by molar-refractivity contribution is 5.60. The van der Waals surface area contributed by atoms with Crippen LogP contribution in [0.2, 0.25) is 0 Å². The van der Waals surface area contributed by atoms with E-state index >= 15 is 0 Å². The molecular formula is C14H17N2O5-. The van der Waals surface area contributed by atoms with Gasteiger partial charge in [0.25, 0.3) is 0 Å². The molecule has 0 aliphatic carbocycles. The average Bonchev–Trinajstić information content (AvgIpc) is 2.38. The van der Waals surface area contributed by atoms with Gasteiger partial charge in [-0.15, -0.1) is 4.99 Å². The fraction of sp³-hybridized carbons (Fsp3) is 0.429. The molecule has 0 spiro atoms. The van der Waals surface area contributed by atoms with Gasteiger partial charge in [-0.3, -0.25) is 0 Å². The molecule has 0 radical (unpaired) electrons. The van der Waals surface area contributed by atoms with Crippen LogP contribution in [0.25, 0.3) is 0 Å². The molecule has 1 amide bonds. The van der Waals surface area contributed by atoms with Crippen LogP contribution in [-0.4, -0.2) is 12.2 Å². The summed E-state index contributed by atoms with van der Waals surface area (Å²) in [5.74, 6) is 0. The van der Waals surface area contributed by atoms with Gasteiger partial charge >= 0.3 is 0 Å². The smallest absolute Gasteiger partial charge is 0.235 e. The van der Waals surface area contributed by atoms with E-state index in [4.69, 9.17) is 4.89 Å². The minimum Gasteiger partial charge on any atom is -0.528 e. The Morgan fingerprint density at radius 1 is 1.19 bits per heavy atom. The van der Waals surface area contributed by atoms with Crippen molar-refractivity contribution in [3.63, 3.8) is 0 Å². The van der Waals surface area contributed by atoms with Crippen LogP contribution in [0.4, 0.5) is 4.79 Å². The van der Waals surface area contributed by atoms with Crippen molar-refractivity contribution in [1.29, 1.82) is 0 Å². The number of aliphatic imine (C=N–C) groups is 1. The van der Waals surface area contributed by atoms with E-state index in [1.54, 1.807) is 63.5 Å². The average molecular weight is 293 g/mol. The fourth-order valence-corrected chi connectivity index (χ4v) is 1.67. The third kappa shape index (κ3) is 4.68. The van der Waals surface area contributed by atoms with E-state index in [0.717, 1.165) is 11.1 Å². The molecule has 0 aliphatic rings. The van der Waals surface area contributed by atoms with Crippen LogP contribution >= 0.6 is 0 Å². The van der Waals surface area contributed by atoms with Crippen molar-refractivity contribution >= 4 is 12.2 Å². The number of rotatable bonds is 6. The van der Waals surface area contributed by atoms with Crippen LogP contribution in [0.15, 0.2) is 29.3 Å². The first kappa shape index (κ1) is 16.8. The van der Waals surface area contributed by atoms with Gasteiger partial charge in [-0.25, -0.2) is 15.2 Å². The molecule has 114 valence electrons. The first-order valence-corrected chi connectivity index (χ1v) is 6.21. The third-order valence-electron chi connectivity index (χ3n) is 2.99. The number of hydrogen-bond donors (Lipinski definition) is 1. The zero-order chi connectivity index (χ0) is 16.1. The first-order valence-electron chi connectivity index (χ1n) is 6.21. The number of nitrogens with zero attached hydrogens (tertiary/aromatic N) is 1. The molecule has 7 nitrogen and oxygen atoms in total. The Morgan fingerprint density at radius 3 is 2.19 bits per heavy atom. The van der Waals surface area contributed by atoms with Crippen LogP contribution in [0, 0.1) is 0 Å². The van der Waals surface area contributed by atoms with Crippen molar-refractivity contribution in [1.82, 2.24) is 5.48 Å².